The Balaban J connectivity index is 0.00000320. The van der Waals surface area contributed by atoms with Gasteiger partial charge < -0.3 is 24.1 Å². The number of benzene rings is 1. The second kappa shape index (κ2) is 10.3. The molecule has 30 heavy (non-hydrogen) atoms. The maximum Gasteiger partial charge on any atom is 2.00 e. The minimum Gasteiger partial charge on any atom is -0.364 e. The number of hydrogen-bond donors (Lipinski definition) is 1. The molecule has 0 fully saturated rings. The van der Waals surface area contributed by atoms with Crippen molar-refractivity contribution in [1.29, 1.82) is 0 Å². The van der Waals surface area contributed by atoms with Gasteiger partial charge in [0.2, 0.25) is 0 Å². The van der Waals surface area contributed by atoms with E-state index in [0.717, 1.165) is 46.0 Å². The zero-order chi connectivity index (χ0) is 21.2. The molecule has 0 unspecified atom stereocenters. The van der Waals surface area contributed by atoms with Gasteiger partial charge in [0.1, 0.15) is 11.5 Å². The predicted octanol–water partition coefficient (Wildman–Crippen LogP) is 5.04. The van der Waals surface area contributed by atoms with Crippen LogP contribution in [0.5, 0.6) is 0 Å². The van der Waals surface area contributed by atoms with Crippen molar-refractivity contribution in [2.24, 2.45) is 11.7 Å². The first-order chi connectivity index (χ1) is 13.7. The van der Waals surface area contributed by atoms with E-state index in [4.69, 9.17) is 10.7 Å². The van der Waals surface area contributed by atoms with Crippen LogP contribution in [-0.4, -0.2) is 20.4 Å². The van der Waals surface area contributed by atoms with Gasteiger partial charge in [0.25, 0.3) is 5.91 Å². The first kappa shape index (κ1) is 25.0. The van der Waals surface area contributed by atoms with Gasteiger partial charge in [0.15, 0.2) is 0 Å². The van der Waals surface area contributed by atoms with Crippen LogP contribution >= 0.6 is 11.8 Å². The summed E-state index contributed by atoms with van der Waals surface area (Å²) in [6.45, 7) is 15.6. The summed E-state index contributed by atoms with van der Waals surface area (Å²) in [5.74, 6) is 0.968. The molecule has 7 heteroatoms. The normalized spacial score (nSPS) is 11.7. The Bertz CT molecular complexity index is 1020. The average molecular weight is 647 g/mol. The minimum atomic E-state index is -0.526. The van der Waals surface area contributed by atoms with Crippen molar-refractivity contribution in [3.63, 3.8) is 0 Å². The van der Waals surface area contributed by atoms with Crippen LogP contribution in [0.1, 0.15) is 49.9 Å². The van der Waals surface area contributed by atoms with Gasteiger partial charge in [-0.25, -0.2) is 4.98 Å². The van der Waals surface area contributed by atoms with E-state index in [9.17, 15) is 4.79 Å². The third kappa shape index (κ3) is 5.69. The molecule has 1 aromatic carbocycles. The standard InChI is InChI=1S/C23H28N4OS.U/c1-6-15(7-2)14-27-20-9-8-16(12-18(20)26-22(27)23(3,4)5)29-17-10-11-25-19(13-17)21(24)28;/h8-13,15H,1-2,6-7,14H2,3-5H3,(H2,24,28);/q-2;+2. The Morgan fingerprint density at radius 2 is 1.83 bits per heavy atom. The summed E-state index contributed by atoms with van der Waals surface area (Å²) in [4.78, 5) is 22.3. The molecule has 0 saturated heterocycles. The van der Waals surface area contributed by atoms with E-state index in [1.165, 1.54) is 0 Å². The summed E-state index contributed by atoms with van der Waals surface area (Å²) < 4.78 is 2.32. The Morgan fingerprint density at radius 1 is 1.17 bits per heavy atom. The van der Waals surface area contributed by atoms with Crippen LogP contribution in [0, 0.1) is 50.9 Å². The maximum atomic E-state index is 11.4. The number of nitrogens with zero attached hydrogens (tertiary/aromatic N) is 3. The van der Waals surface area contributed by atoms with Crippen LogP contribution in [0.25, 0.3) is 11.0 Å². The van der Waals surface area contributed by atoms with Gasteiger partial charge in [-0.3, -0.25) is 9.78 Å². The molecule has 0 aliphatic carbocycles. The molecule has 0 bridgehead atoms. The third-order valence-electron chi connectivity index (χ3n) is 4.87. The molecule has 1 amide bonds. The SMILES string of the molecule is [CH2-]CC(C[CH2-])Cn1c(C(C)(C)C)nc2cc(Sc3ccnc(C(N)=O)c3)ccc21.[U+2]. The molecule has 156 valence electrons. The zero-order valence-electron chi connectivity index (χ0n) is 17.8. The van der Waals surface area contributed by atoms with Gasteiger partial charge in [0.05, 0.1) is 11.0 Å². The van der Waals surface area contributed by atoms with Gasteiger partial charge in [0, 0.05) is 27.9 Å². The smallest absolute Gasteiger partial charge is 0.364 e. The van der Waals surface area contributed by atoms with E-state index in [0.29, 0.717) is 5.92 Å². The van der Waals surface area contributed by atoms with Crippen molar-refractivity contribution >= 4 is 28.7 Å². The predicted molar refractivity (Wildman–Crippen MR) is 119 cm³/mol. The molecule has 0 aliphatic heterocycles. The number of imidazole rings is 1. The van der Waals surface area contributed by atoms with Crippen molar-refractivity contribution in [3.8, 4) is 0 Å². The molecular formula is C23H28N4OSU. The van der Waals surface area contributed by atoms with Crippen LogP contribution < -0.4 is 5.73 Å². The largest absolute Gasteiger partial charge is 2.00 e. The van der Waals surface area contributed by atoms with E-state index in [-0.39, 0.29) is 42.2 Å². The molecular weight excluding hydrogens is 618 g/mol. The van der Waals surface area contributed by atoms with Crippen molar-refractivity contribution in [2.75, 3.05) is 0 Å². The Labute approximate surface area is 207 Å². The van der Waals surface area contributed by atoms with Crippen LogP contribution in [0.4, 0.5) is 0 Å². The number of nitrogens with two attached hydrogens (primary N) is 1. The van der Waals surface area contributed by atoms with Crippen LogP contribution in [0.3, 0.4) is 0 Å². The number of carbonyl (C=O) groups is 1. The molecule has 2 heterocycles. The fourth-order valence-corrected chi connectivity index (χ4v) is 4.14. The van der Waals surface area contributed by atoms with Crippen LogP contribution in [-0.2, 0) is 12.0 Å². The molecule has 2 aromatic heterocycles. The quantitative estimate of drug-likeness (QED) is 0.365. The molecule has 2 N–H and O–H groups in total. The molecule has 0 spiro atoms. The topological polar surface area (TPSA) is 73.8 Å². The van der Waals surface area contributed by atoms with Crippen molar-refractivity contribution < 1.29 is 35.9 Å². The Hall–Kier alpha value is -1.29. The van der Waals surface area contributed by atoms with Gasteiger partial charge in [-0.1, -0.05) is 38.5 Å². The molecule has 0 aliphatic rings. The number of carbonyl (C=O) groups excluding carboxylic acids is 1. The summed E-state index contributed by atoms with van der Waals surface area (Å²) >= 11 is 1.56. The van der Waals surface area contributed by atoms with E-state index >= 15 is 0 Å². The number of amides is 1. The number of pyridine rings is 1. The van der Waals surface area contributed by atoms with Crippen molar-refractivity contribution in [1.82, 2.24) is 14.5 Å². The van der Waals surface area contributed by atoms with Crippen LogP contribution in [0.15, 0.2) is 46.3 Å². The Morgan fingerprint density at radius 3 is 2.43 bits per heavy atom. The number of rotatable bonds is 7. The zero-order valence-corrected chi connectivity index (χ0v) is 22.8. The number of aromatic nitrogens is 3. The number of hydrogen-bond acceptors (Lipinski definition) is 4. The summed E-state index contributed by atoms with van der Waals surface area (Å²) in [5.41, 5.74) is 7.63. The van der Waals surface area contributed by atoms with E-state index in [1.807, 2.05) is 6.07 Å². The monoisotopic (exact) mass is 646 g/mol. The fourth-order valence-electron chi connectivity index (χ4n) is 3.26. The van der Waals surface area contributed by atoms with Gasteiger partial charge in [-0.05, 0) is 30.3 Å². The second-order valence-corrected chi connectivity index (χ2v) is 9.38. The summed E-state index contributed by atoms with van der Waals surface area (Å²) in [6, 6.07) is 9.89. The van der Waals surface area contributed by atoms with E-state index in [1.54, 1.807) is 24.0 Å². The first-order valence-electron chi connectivity index (χ1n) is 9.76. The Kier molecular flexibility index (Phi) is 8.62. The number of fused-ring (bicyclic) bond motifs is 1. The molecule has 0 radical (unpaired) electrons. The number of primary amides is 1. The maximum absolute atomic E-state index is 11.4. The molecule has 0 saturated carbocycles. The minimum absolute atomic E-state index is 0. The van der Waals surface area contributed by atoms with E-state index in [2.05, 4.69) is 62.4 Å². The molecule has 3 aromatic rings. The van der Waals surface area contributed by atoms with Crippen molar-refractivity contribution in [3.05, 3.63) is 61.9 Å². The van der Waals surface area contributed by atoms with Gasteiger partial charge >= 0.3 is 31.1 Å². The van der Waals surface area contributed by atoms with E-state index < -0.39 is 5.91 Å². The molecule has 3 rings (SSSR count). The third-order valence-corrected chi connectivity index (χ3v) is 5.85. The molecule has 5 nitrogen and oxygen atoms in total. The first-order valence-corrected chi connectivity index (χ1v) is 10.6. The summed E-state index contributed by atoms with van der Waals surface area (Å²) in [6.07, 6.45) is 3.31. The van der Waals surface area contributed by atoms with Gasteiger partial charge in [-0.15, -0.1) is 0 Å². The summed E-state index contributed by atoms with van der Waals surface area (Å²) in [7, 11) is 0. The summed E-state index contributed by atoms with van der Waals surface area (Å²) in [5, 5.41) is 0. The van der Waals surface area contributed by atoms with Crippen molar-refractivity contribution in [2.45, 2.75) is 55.4 Å². The fraction of sp³-hybridized carbons (Fsp3) is 0.348. The average Bonchev–Trinajstić information content (AvgIpc) is 3.04. The second-order valence-electron chi connectivity index (χ2n) is 8.23. The molecule has 0 atom stereocenters. The van der Waals surface area contributed by atoms with Crippen LogP contribution in [0.2, 0.25) is 0 Å². The van der Waals surface area contributed by atoms with Gasteiger partial charge in [-0.2, -0.15) is 12.8 Å².